The number of nitrogens with one attached hydrogen (secondary N) is 1. The van der Waals surface area contributed by atoms with Crippen LogP contribution in [0.2, 0.25) is 0 Å². The quantitative estimate of drug-likeness (QED) is 0.765. The average molecular weight is 228 g/mol. The molecule has 16 heavy (non-hydrogen) atoms. The minimum Gasteiger partial charge on any atom is -0.384 e. The molecule has 1 N–H and O–H groups in total. The van der Waals surface area contributed by atoms with Crippen LogP contribution in [0.15, 0.2) is 0 Å². The zero-order valence-electron chi connectivity index (χ0n) is 11.0. The molecule has 1 aliphatic heterocycles. The molecule has 1 amide bonds. The maximum absolute atomic E-state index is 12.1. The van der Waals surface area contributed by atoms with Gasteiger partial charge in [-0.15, -0.1) is 0 Å². The Morgan fingerprint density at radius 2 is 2.06 bits per heavy atom. The molecule has 0 aromatic carbocycles. The summed E-state index contributed by atoms with van der Waals surface area (Å²) >= 11 is 0. The van der Waals surface area contributed by atoms with E-state index in [0.717, 1.165) is 6.54 Å². The van der Waals surface area contributed by atoms with Crippen LogP contribution in [-0.2, 0) is 9.53 Å². The second-order valence-corrected chi connectivity index (χ2v) is 5.12. The lowest BCUT2D eigenvalue weighted by Crippen LogP contribution is -2.38. The van der Waals surface area contributed by atoms with Crippen LogP contribution in [0, 0.1) is 11.8 Å². The fourth-order valence-corrected chi connectivity index (χ4v) is 2.19. The first-order valence-corrected chi connectivity index (χ1v) is 6.02. The van der Waals surface area contributed by atoms with E-state index >= 15 is 0 Å². The van der Waals surface area contributed by atoms with Crippen LogP contribution in [0.1, 0.15) is 27.7 Å². The van der Waals surface area contributed by atoms with Crippen molar-refractivity contribution in [3.05, 3.63) is 0 Å². The Bertz CT molecular complexity index is 243. The Balaban J connectivity index is 2.57. The molecule has 4 heteroatoms. The molecule has 1 saturated heterocycles. The molecule has 4 nitrogen and oxygen atoms in total. The minimum atomic E-state index is -0.0234. The molecule has 3 atom stereocenters. The van der Waals surface area contributed by atoms with Crippen molar-refractivity contribution in [3.8, 4) is 0 Å². The summed E-state index contributed by atoms with van der Waals surface area (Å²) in [6.45, 7) is 9.76. The normalized spacial score (nSPS) is 27.9. The van der Waals surface area contributed by atoms with E-state index < -0.39 is 0 Å². The molecule has 3 unspecified atom stereocenters. The molecule has 1 aliphatic rings. The van der Waals surface area contributed by atoms with E-state index in [4.69, 9.17) is 4.74 Å². The van der Waals surface area contributed by atoms with Crippen LogP contribution in [0.5, 0.6) is 0 Å². The van der Waals surface area contributed by atoms with Crippen molar-refractivity contribution in [1.82, 2.24) is 10.2 Å². The van der Waals surface area contributed by atoms with Crippen LogP contribution in [-0.4, -0.2) is 43.3 Å². The number of ether oxygens (including phenoxy) is 1. The molecule has 0 aromatic rings. The predicted octanol–water partition coefficient (Wildman–Crippen LogP) is 1.07. The third-order valence-electron chi connectivity index (χ3n) is 3.06. The first-order chi connectivity index (χ1) is 7.47. The highest BCUT2D eigenvalue weighted by atomic mass is 16.5. The maximum atomic E-state index is 12.1. The fraction of sp³-hybridized carbons (Fsp3) is 0.917. The zero-order chi connectivity index (χ0) is 12.3. The molecule has 0 saturated carbocycles. The van der Waals surface area contributed by atoms with E-state index in [0.29, 0.717) is 18.4 Å². The lowest BCUT2D eigenvalue weighted by atomic mass is 10.0. The third kappa shape index (κ3) is 2.95. The van der Waals surface area contributed by atoms with Gasteiger partial charge in [0.15, 0.2) is 0 Å². The van der Waals surface area contributed by atoms with Gasteiger partial charge >= 0.3 is 0 Å². The molecule has 1 heterocycles. The highest BCUT2D eigenvalue weighted by Crippen LogP contribution is 2.18. The predicted molar refractivity (Wildman–Crippen MR) is 64.0 cm³/mol. The molecule has 94 valence electrons. The highest BCUT2D eigenvalue weighted by molar-refractivity contribution is 5.84. The van der Waals surface area contributed by atoms with Gasteiger partial charge in [0, 0.05) is 13.7 Å². The first kappa shape index (κ1) is 13.5. The van der Waals surface area contributed by atoms with Crippen molar-refractivity contribution < 1.29 is 9.53 Å². The van der Waals surface area contributed by atoms with E-state index in [2.05, 4.69) is 26.1 Å². The SMILES string of the molecule is COCC(C)CN1C(=O)C(C(C)C)NC1C. The van der Waals surface area contributed by atoms with E-state index in [1.54, 1.807) is 7.11 Å². The van der Waals surface area contributed by atoms with Crippen molar-refractivity contribution in [2.24, 2.45) is 11.8 Å². The van der Waals surface area contributed by atoms with Gasteiger partial charge in [-0.05, 0) is 18.8 Å². The van der Waals surface area contributed by atoms with Crippen LogP contribution in [0.3, 0.4) is 0 Å². The lowest BCUT2D eigenvalue weighted by Gasteiger charge is -2.24. The third-order valence-corrected chi connectivity index (χ3v) is 3.06. The summed E-state index contributed by atoms with van der Waals surface area (Å²) in [7, 11) is 1.70. The molecular weight excluding hydrogens is 204 g/mol. The summed E-state index contributed by atoms with van der Waals surface area (Å²) in [6, 6.07) is -0.0234. The van der Waals surface area contributed by atoms with Gasteiger partial charge in [0.2, 0.25) is 5.91 Å². The summed E-state index contributed by atoms with van der Waals surface area (Å²) in [5.74, 6) is 0.951. The largest absolute Gasteiger partial charge is 0.384 e. The summed E-state index contributed by atoms with van der Waals surface area (Å²) < 4.78 is 5.10. The van der Waals surface area contributed by atoms with Crippen molar-refractivity contribution in [2.75, 3.05) is 20.3 Å². The molecule has 0 radical (unpaired) electrons. The number of hydrogen-bond donors (Lipinski definition) is 1. The number of rotatable bonds is 5. The van der Waals surface area contributed by atoms with Crippen molar-refractivity contribution >= 4 is 5.91 Å². The topological polar surface area (TPSA) is 41.6 Å². The summed E-state index contributed by atoms with van der Waals surface area (Å²) in [4.78, 5) is 14.0. The van der Waals surface area contributed by atoms with Crippen molar-refractivity contribution in [3.63, 3.8) is 0 Å². The molecular formula is C12H24N2O2. The molecule has 1 rings (SSSR count). The molecule has 0 aromatic heterocycles. The number of carbonyl (C=O) groups is 1. The Labute approximate surface area is 98.3 Å². The molecule has 0 bridgehead atoms. The molecule has 0 spiro atoms. The van der Waals surface area contributed by atoms with Gasteiger partial charge in [0.05, 0.1) is 18.8 Å². The van der Waals surface area contributed by atoms with Crippen LogP contribution in [0.4, 0.5) is 0 Å². The Morgan fingerprint density at radius 1 is 1.44 bits per heavy atom. The van der Waals surface area contributed by atoms with Crippen LogP contribution < -0.4 is 5.32 Å². The van der Waals surface area contributed by atoms with Gasteiger partial charge in [0.1, 0.15) is 0 Å². The van der Waals surface area contributed by atoms with Gasteiger partial charge < -0.3 is 9.64 Å². The lowest BCUT2D eigenvalue weighted by molar-refractivity contribution is -0.131. The Kier molecular flexibility index (Phi) is 4.74. The Morgan fingerprint density at radius 3 is 2.50 bits per heavy atom. The number of methoxy groups -OCH3 is 1. The average Bonchev–Trinajstić information content (AvgIpc) is 2.46. The van der Waals surface area contributed by atoms with Gasteiger partial charge in [-0.3, -0.25) is 10.1 Å². The second kappa shape index (κ2) is 5.64. The standard InChI is InChI=1S/C12H24N2O2/c1-8(2)11-12(15)14(10(4)13-11)6-9(3)7-16-5/h8-11,13H,6-7H2,1-5H3. The molecule has 0 aliphatic carbocycles. The van der Waals surface area contributed by atoms with Gasteiger partial charge in [-0.1, -0.05) is 20.8 Å². The van der Waals surface area contributed by atoms with Crippen molar-refractivity contribution in [1.29, 1.82) is 0 Å². The minimum absolute atomic E-state index is 0.0234. The van der Waals surface area contributed by atoms with Crippen LogP contribution >= 0.6 is 0 Å². The number of nitrogens with zero attached hydrogens (tertiary/aromatic N) is 1. The van der Waals surface area contributed by atoms with Crippen molar-refractivity contribution in [2.45, 2.75) is 39.9 Å². The number of amides is 1. The maximum Gasteiger partial charge on any atom is 0.241 e. The summed E-state index contributed by atoms with van der Waals surface area (Å²) in [5, 5.41) is 3.34. The smallest absolute Gasteiger partial charge is 0.241 e. The monoisotopic (exact) mass is 228 g/mol. The van der Waals surface area contributed by atoms with Crippen LogP contribution in [0.25, 0.3) is 0 Å². The van der Waals surface area contributed by atoms with Gasteiger partial charge in [0.25, 0.3) is 0 Å². The Hall–Kier alpha value is -0.610. The highest BCUT2D eigenvalue weighted by Gasteiger charge is 2.38. The zero-order valence-corrected chi connectivity index (χ0v) is 11.0. The second-order valence-electron chi connectivity index (χ2n) is 5.12. The number of hydrogen-bond acceptors (Lipinski definition) is 3. The first-order valence-electron chi connectivity index (χ1n) is 6.02. The van der Waals surface area contributed by atoms with E-state index in [1.807, 2.05) is 11.8 Å². The molecule has 1 fully saturated rings. The summed E-state index contributed by atoms with van der Waals surface area (Å²) in [6.07, 6.45) is 0.138. The van der Waals surface area contributed by atoms with Gasteiger partial charge in [-0.2, -0.15) is 0 Å². The van der Waals surface area contributed by atoms with E-state index in [-0.39, 0.29) is 18.1 Å². The fourth-order valence-electron chi connectivity index (χ4n) is 2.19. The van der Waals surface area contributed by atoms with E-state index in [9.17, 15) is 4.79 Å². The van der Waals surface area contributed by atoms with Gasteiger partial charge in [-0.25, -0.2) is 0 Å². The summed E-state index contributed by atoms with van der Waals surface area (Å²) in [5.41, 5.74) is 0. The number of carbonyl (C=O) groups excluding carboxylic acids is 1. The van der Waals surface area contributed by atoms with E-state index in [1.165, 1.54) is 0 Å².